The Hall–Kier alpha value is -2.30. The van der Waals surface area contributed by atoms with Gasteiger partial charge in [0.15, 0.2) is 5.78 Å². The first kappa shape index (κ1) is 15.6. The lowest BCUT2D eigenvalue weighted by molar-refractivity contribution is 0.0486. The second-order valence-electron chi connectivity index (χ2n) is 6.09. The average molecular weight is 316 g/mol. The van der Waals surface area contributed by atoms with Crippen LogP contribution in [0.15, 0.2) is 16.5 Å². The molecule has 0 aliphatic carbocycles. The summed E-state index contributed by atoms with van der Waals surface area (Å²) in [5, 5.41) is 0.647. The Bertz CT molecular complexity index is 801. The van der Waals surface area contributed by atoms with Crippen LogP contribution in [0.4, 0.5) is 0 Å². The highest BCUT2D eigenvalue weighted by Gasteiger charge is 2.37. The molecule has 0 spiro atoms. The van der Waals surface area contributed by atoms with Gasteiger partial charge in [-0.05, 0) is 39.3 Å². The number of fused-ring (bicyclic) bond motifs is 3. The Morgan fingerprint density at radius 3 is 2.74 bits per heavy atom. The summed E-state index contributed by atoms with van der Waals surface area (Å²) in [4.78, 5) is 24.7. The zero-order chi connectivity index (χ0) is 16.8. The van der Waals surface area contributed by atoms with Gasteiger partial charge < -0.3 is 13.9 Å². The van der Waals surface area contributed by atoms with Crippen LogP contribution < -0.4 is 4.74 Å². The number of carbonyl (C=O) groups excluding carboxylic acids is 2. The summed E-state index contributed by atoms with van der Waals surface area (Å²) in [5.74, 6) is 0.197. The van der Waals surface area contributed by atoms with E-state index in [1.54, 1.807) is 26.0 Å². The van der Waals surface area contributed by atoms with Crippen molar-refractivity contribution in [1.82, 2.24) is 0 Å². The fourth-order valence-electron chi connectivity index (χ4n) is 3.00. The molecule has 0 unspecified atom stereocenters. The van der Waals surface area contributed by atoms with Crippen LogP contribution in [0.3, 0.4) is 0 Å². The fraction of sp³-hybridized carbons (Fsp3) is 0.444. The third-order valence-electron chi connectivity index (χ3n) is 4.43. The zero-order valence-electron chi connectivity index (χ0n) is 13.8. The van der Waals surface area contributed by atoms with Crippen LogP contribution in [0.2, 0.25) is 0 Å². The van der Waals surface area contributed by atoms with Gasteiger partial charge in [0.05, 0.1) is 18.6 Å². The molecule has 2 aromatic rings. The predicted octanol–water partition coefficient (Wildman–Crippen LogP) is 4.05. The number of hydrogen-bond acceptors (Lipinski definition) is 5. The molecule has 122 valence electrons. The molecule has 5 heteroatoms. The minimum Gasteiger partial charge on any atom is -0.486 e. The first-order valence-electron chi connectivity index (χ1n) is 7.85. The summed E-state index contributed by atoms with van der Waals surface area (Å²) in [6, 6.07) is 3.47. The number of furan rings is 1. The molecule has 3 rings (SSSR count). The third kappa shape index (κ3) is 2.40. The molecular weight excluding hydrogens is 296 g/mol. The highest BCUT2D eigenvalue weighted by molar-refractivity contribution is 6.13. The quantitative estimate of drug-likeness (QED) is 0.799. The first-order valence-corrected chi connectivity index (χ1v) is 7.85. The summed E-state index contributed by atoms with van der Waals surface area (Å²) in [6.07, 6.45) is 1.06. The lowest BCUT2D eigenvalue weighted by Gasteiger charge is -2.34. The fourth-order valence-corrected chi connectivity index (χ4v) is 3.00. The molecule has 0 saturated carbocycles. The van der Waals surface area contributed by atoms with Crippen molar-refractivity contribution >= 4 is 22.7 Å². The van der Waals surface area contributed by atoms with E-state index in [-0.39, 0.29) is 18.2 Å². The third-order valence-corrected chi connectivity index (χ3v) is 4.43. The Morgan fingerprint density at radius 2 is 2.09 bits per heavy atom. The molecule has 0 radical (unpaired) electrons. The van der Waals surface area contributed by atoms with E-state index in [4.69, 9.17) is 13.9 Å². The molecule has 0 bridgehead atoms. The SMILES string of the molecule is CCOC(=O)c1oc2ccc3c(c2c1C)C(=O)C[C@](C)(CC)O3. The summed E-state index contributed by atoms with van der Waals surface area (Å²) in [6.45, 7) is 7.70. The molecule has 0 N–H and O–H groups in total. The van der Waals surface area contributed by atoms with Gasteiger partial charge in [-0.15, -0.1) is 0 Å². The minimum atomic E-state index is -0.516. The molecule has 1 aliphatic rings. The topological polar surface area (TPSA) is 65.7 Å². The van der Waals surface area contributed by atoms with E-state index in [2.05, 4.69) is 0 Å². The number of ketones is 1. The van der Waals surface area contributed by atoms with Gasteiger partial charge in [-0.1, -0.05) is 6.92 Å². The maximum Gasteiger partial charge on any atom is 0.374 e. The number of esters is 1. The van der Waals surface area contributed by atoms with Gasteiger partial charge in [0.25, 0.3) is 0 Å². The molecule has 2 heterocycles. The van der Waals surface area contributed by atoms with Crippen molar-refractivity contribution in [3.63, 3.8) is 0 Å². The maximum absolute atomic E-state index is 12.7. The zero-order valence-corrected chi connectivity index (χ0v) is 13.8. The van der Waals surface area contributed by atoms with Crippen molar-refractivity contribution < 1.29 is 23.5 Å². The van der Waals surface area contributed by atoms with E-state index in [1.807, 2.05) is 13.8 Å². The van der Waals surface area contributed by atoms with E-state index in [1.165, 1.54) is 0 Å². The number of rotatable bonds is 3. The van der Waals surface area contributed by atoms with Crippen LogP contribution in [0.1, 0.15) is 60.1 Å². The van der Waals surface area contributed by atoms with Crippen LogP contribution in [0.25, 0.3) is 11.0 Å². The van der Waals surface area contributed by atoms with Gasteiger partial charge in [0, 0.05) is 10.9 Å². The first-order chi connectivity index (χ1) is 10.9. The maximum atomic E-state index is 12.7. The van der Waals surface area contributed by atoms with Crippen LogP contribution in [0.5, 0.6) is 5.75 Å². The molecular formula is C18H20O5. The van der Waals surface area contributed by atoms with Gasteiger partial charge in [-0.25, -0.2) is 4.79 Å². The van der Waals surface area contributed by atoms with Crippen molar-refractivity contribution in [3.8, 4) is 5.75 Å². The van der Waals surface area contributed by atoms with Crippen molar-refractivity contribution in [3.05, 3.63) is 29.0 Å². The molecule has 1 aliphatic heterocycles. The van der Waals surface area contributed by atoms with Crippen molar-refractivity contribution in [2.45, 2.75) is 46.1 Å². The van der Waals surface area contributed by atoms with Gasteiger partial charge >= 0.3 is 5.97 Å². The average Bonchev–Trinajstić information content (AvgIpc) is 2.84. The smallest absolute Gasteiger partial charge is 0.374 e. The Kier molecular flexibility index (Phi) is 3.66. The van der Waals surface area contributed by atoms with Crippen LogP contribution >= 0.6 is 0 Å². The van der Waals surface area contributed by atoms with Crippen molar-refractivity contribution in [1.29, 1.82) is 0 Å². The number of benzene rings is 1. The molecule has 0 saturated heterocycles. The number of hydrogen-bond donors (Lipinski definition) is 0. The van der Waals surface area contributed by atoms with Crippen LogP contribution in [0, 0.1) is 6.92 Å². The largest absolute Gasteiger partial charge is 0.486 e. The second kappa shape index (κ2) is 5.41. The minimum absolute atomic E-state index is 0.0144. The highest BCUT2D eigenvalue weighted by Crippen LogP contribution is 2.41. The number of Topliss-reactive ketones (excluding diaryl/α,β-unsaturated/α-hetero) is 1. The molecule has 0 amide bonds. The van der Waals surface area contributed by atoms with Gasteiger partial charge in [-0.2, -0.15) is 0 Å². The predicted molar refractivity (Wildman–Crippen MR) is 85.2 cm³/mol. The molecule has 1 aromatic heterocycles. The van der Waals surface area contributed by atoms with E-state index in [0.717, 1.165) is 6.42 Å². The van der Waals surface area contributed by atoms with Crippen LogP contribution in [-0.2, 0) is 4.74 Å². The highest BCUT2D eigenvalue weighted by atomic mass is 16.5. The number of carbonyl (C=O) groups is 2. The monoisotopic (exact) mass is 316 g/mol. The lowest BCUT2D eigenvalue weighted by atomic mass is 9.87. The summed E-state index contributed by atoms with van der Waals surface area (Å²) in [7, 11) is 0. The van der Waals surface area contributed by atoms with Gasteiger partial charge in [-0.3, -0.25) is 4.79 Å². The Labute approximate surface area is 134 Å². The summed E-state index contributed by atoms with van der Waals surface area (Å²) < 4.78 is 16.7. The lowest BCUT2D eigenvalue weighted by Crippen LogP contribution is -2.38. The van der Waals surface area contributed by atoms with Crippen molar-refractivity contribution in [2.24, 2.45) is 0 Å². The Balaban J connectivity index is 2.19. The van der Waals surface area contributed by atoms with Crippen molar-refractivity contribution in [2.75, 3.05) is 6.61 Å². The van der Waals surface area contributed by atoms with E-state index < -0.39 is 11.6 Å². The van der Waals surface area contributed by atoms with Gasteiger partial charge in [0.2, 0.25) is 5.76 Å². The summed E-state index contributed by atoms with van der Waals surface area (Å²) >= 11 is 0. The molecule has 23 heavy (non-hydrogen) atoms. The molecule has 1 aromatic carbocycles. The molecule has 1 atom stereocenters. The standard InChI is InChI=1S/C18H20O5/c1-5-18(4)9-11(19)15-13(23-18)8-7-12-14(15)10(3)16(22-12)17(20)21-6-2/h7-8H,5-6,9H2,1-4H3/t18-/m0/s1. The van der Waals surface area contributed by atoms with Gasteiger partial charge in [0.1, 0.15) is 16.9 Å². The second-order valence-corrected chi connectivity index (χ2v) is 6.09. The number of aryl methyl sites for hydroxylation is 1. The normalized spacial score (nSPS) is 20.3. The molecule has 0 fully saturated rings. The van der Waals surface area contributed by atoms with Crippen LogP contribution in [-0.4, -0.2) is 24.0 Å². The van der Waals surface area contributed by atoms with E-state index in [0.29, 0.717) is 34.3 Å². The van der Waals surface area contributed by atoms with E-state index in [9.17, 15) is 9.59 Å². The molecule has 5 nitrogen and oxygen atoms in total. The summed E-state index contributed by atoms with van der Waals surface area (Å²) in [5.41, 5.74) is 1.14. The number of ether oxygens (including phenoxy) is 2. The van der Waals surface area contributed by atoms with E-state index >= 15 is 0 Å². The Morgan fingerprint density at radius 1 is 1.35 bits per heavy atom.